The minimum Gasteiger partial charge on any atom is -0.508 e. The Balaban J connectivity index is 2.25. The molecule has 0 saturated heterocycles. The number of thiocarbonyl (C=S) groups is 1. The molecule has 0 radical (unpaired) electrons. The number of benzene rings is 2. The predicted molar refractivity (Wildman–Crippen MR) is 86.0 cm³/mol. The molecule has 2 rings (SSSR count). The van der Waals surface area contributed by atoms with Gasteiger partial charge >= 0.3 is 0 Å². The van der Waals surface area contributed by atoms with Crippen LogP contribution in [0.5, 0.6) is 5.75 Å². The van der Waals surface area contributed by atoms with Crippen LogP contribution in [-0.4, -0.2) is 16.0 Å². The number of carbonyl (C=O) groups is 1. The fraction of sp³-hybridized carbons (Fsp3) is 0. The van der Waals surface area contributed by atoms with E-state index < -0.39 is 11.7 Å². The second-order valence-electron chi connectivity index (χ2n) is 4.18. The summed E-state index contributed by atoms with van der Waals surface area (Å²) in [6.45, 7) is 0. The SMILES string of the molecule is NC(=S)c1ccc(NC(=O)c2ccc(O)cc2F)c(Br)c1. The maximum atomic E-state index is 13.6. The lowest BCUT2D eigenvalue weighted by atomic mass is 10.1. The van der Waals surface area contributed by atoms with Gasteiger partial charge < -0.3 is 16.2 Å². The van der Waals surface area contributed by atoms with Crippen LogP contribution in [0.2, 0.25) is 0 Å². The van der Waals surface area contributed by atoms with E-state index in [4.69, 9.17) is 23.1 Å². The summed E-state index contributed by atoms with van der Waals surface area (Å²) in [6.07, 6.45) is 0. The number of nitrogens with one attached hydrogen (secondary N) is 1. The third-order valence-electron chi connectivity index (χ3n) is 2.70. The molecule has 0 atom stereocenters. The number of amides is 1. The van der Waals surface area contributed by atoms with Crippen molar-refractivity contribution in [2.45, 2.75) is 0 Å². The first kappa shape index (κ1) is 15.4. The maximum Gasteiger partial charge on any atom is 0.258 e. The number of phenols is 1. The average Bonchev–Trinajstić information content (AvgIpc) is 2.40. The summed E-state index contributed by atoms with van der Waals surface area (Å²) in [6, 6.07) is 8.23. The first-order chi connectivity index (χ1) is 9.88. The number of phenolic OH excluding ortho intramolecular Hbond substituents is 1. The number of hydrogen-bond acceptors (Lipinski definition) is 3. The van der Waals surface area contributed by atoms with Crippen LogP contribution in [0.25, 0.3) is 0 Å². The van der Waals surface area contributed by atoms with Gasteiger partial charge in [-0.2, -0.15) is 0 Å². The highest BCUT2D eigenvalue weighted by Crippen LogP contribution is 2.25. The molecule has 0 aromatic heterocycles. The van der Waals surface area contributed by atoms with Crippen LogP contribution < -0.4 is 11.1 Å². The smallest absolute Gasteiger partial charge is 0.258 e. The number of rotatable bonds is 3. The Morgan fingerprint density at radius 1 is 1.29 bits per heavy atom. The molecule has 0 unspecified atom stereocenters. The summed E-state index contributed by atoms with van der Waals surface area (Å²) in [5.74, 6) is -1.68. The van der Waals surface area contributed by atoms with Crippen LogP contribution in [0.15, 0.2) is 40.9 Å². The molecule has 0 heterocycles. The Bertz CT molecular complexity index is 737. The van der Waals surface area contributed by atoms with E-state index in [1.54, 1.807) is 18.2 Å². The highest BCUT2D eigenvalue weighted by molar-refractivity contribution is 9.10. The van der Waals surface area contributed by atoms with Crippen LogP contribution >= 0.6 is 28.1 Å². The lowest BCUT2D eigenvalue weighted by molar-refractivity contribution is 0.102. The minimum atomic E-state index is -0.802. The second kappa shape index (κ2) is 6.19. The summed E-state index contributed by atoms with van der Waals surface area (Å²) in [4.78, 5) is 12.2. The van der Waals surface area contributed by atoms with Gasteiger partial charge in [0.25, 0.3) is 5.91 Å². The predicted octanol–water partition coefficient (Wildman–Crippen LogP) is 3.18. The number of carbonyl (C=O) groups excluding carboxylic acids is 1. The molecule has 4 nitrogen and oxygen atoms in total. The first-order valence-electron chi connectivity index (χ1n) is 5.77. The van der Waals surface area contributed by atoms with Gasteiger partial charge in [0.2, 0.25) is 0 Å². The molecule has 0 aliphatic heterocycles. The summed E-state index contributed by atoms with van der Waals surface area (Å²) >= 11 is 8.14. The number of halogens is 2. The lowest BCUT2D eigenvalue weighted by Gasteiger charge is -2.09. The van der Waals surface area contributed by atoms with E-state index in [2.05, 4.69) is 21.2 Å². The molecule has 4 N–H and O–H groups in total. The minimum absolute atomic E-state index is 0.168. The Kier molecular flexibility index (Phi) is 4.54. The highest BCUT2D eigenvalue weighted by Gasteiger charge is 2.14. The zero-order valence-corrected chi connectivity index (χ0v) is 13.0. The lowest BCUT2D eigenvalue weighted by Crippen LogP contribution is -2.15. The summed E-state index contributed by atoms with van der Waals surface area (Å²) < 4.78 is 14.2. The Hall–Kier alpha value is -1.99. The summed E-state index contributed by atoms with van der Waals surface area (Å²) in [7, 11) is 0. The van der Waals surface area contributed by atoms with Crippen molar-refractivity contribution in [2.75, 3.05) is 5.32 Å². The largest absolute Gasteiger partial charge is 0.508 e. The van der Waals surface area contributed by atoms with Gasteiger partial charge in [0.15, 0.2) is 0 Å². The molecule has 0 aliphatic carbocycles. The van der Waals surface area contributed by atoms with Crippen LogP contribution in [0.3, 0.4) is 0 Å². The molecule has 0 spiro atoms. The zero-order chi connectivity index (χ0) is 15.6. The van der Waals surface area contributed by atoms with E-state index in [0.717, 1.165) is 6.07 Å². The first-order valence-corrected chi connectivity index (χ1v) is 6.98. The molecule has 7 heteroatoms. The van der Waals surface area contributed by atoms with Crippen molar-refractivity contribution in [2.24, 2.45) is 5.73 Å². The maximum absolute atomic E-state index is 13.6. The molecule has 2 aromatic rings. The van der Waals surface area contributed by atoms with Crippen LogP contribution in [0.1, 0.15) is 15.9 Å². The molecular weight excluding hydrogens is 359 g/mol. The fourth-order valence-electron chi connectivity index (χ4n) is 1.65. The van der Waals surface area contributed by atoms with Crippen LogP contribution in [-0.2, 0) is 0 Å². The summed E-state index contributed by atoms with van der Waals surface area (Å²) in [5.41, 5.74) is 6.44. The number of anilines is 1. The van der Waals surface area contributed by atoms with Crippen molar-refractivity contribution in [1.82, 2.24) is 0 Å². The molecule has 0 fully saturated rings. The van der Waals surface area contributed by atoms with Crippen molar-refractivity contribution in [1.29, 1.82) is 0 Å². The van der Waals surface area contributed by atoms with Gasteiger partial charge in [-0.05, 0) is 46.3 Å². The van der Waals surface area contributed by atoms with E-state index in [-0.39, 0.29) is 16.3 Å². The molecular formula is C14H10BrFN2O2S. The number of nitrogens with two attached hydrogens (primary N) is 1. The molecule has 0 aliphatic rings. The molecule has 0 saturated carbocycles. The van der Waals surface area contributed by atoms with Gasteiger partial charge in [-0.3, -0.25) is 4.79 Å². The van der Waals surface area contributed by atoms with Crippen molar-refractivity contribution in [3.05, 3.63) is 57.8 Å². The van der Waals surface area contributed by atoms with E-state index in [1.165, 1.54) is 12.1 Å². The van der Waals surface area contributed by atoms with E-state index in [1.807, 2.05) is 0 Å². The van der Waals surface area contributed by atoms with Crippen LogP contribution in [0, 0.1) is 5.82 Å². The van der Waals surface area contributed by atoms with Crippen molar-refractivity contribution >= 4 is 44.7 Å². The average molecular weight is 369 g/mol. The van der Waals surface area contributed by atoms with E-state index in [0.29, 0.717) is 15.7 Å². The fourth-order valence-corrected chi connectivity index (χ4v) is 2.25. The van der Waals surface area contributed by atoms with Gasteiger partial charge in [0.05, 0.1) is 11.3 Å². The van der Waals surface area contributed by atoms with E-state index >= 15 is 0 Å². The zero-order valence-electron chi connectivity index (χ0n) is 10.6. The highest BCUT2D eigenvalue weighted by atomic mass is 79.9. The third-order valence-corrected chi connectivity index (χ3v) is 3.59. The molecule has 2 aromatic carbocycles. The monoisotopic (exact) mass is 368 g/mol. The third kappa shape index (κ3) is 3.56. The van der Waals surface area contributed by atoms with E-state index in [9.17, 15) is 9.18 Å². The molecule has 108 valence electrons. The van der Waals surface area contributed by atoms with Gasteiger partial charge in [-0.15, -0.1) is 0 Å². The van der Waals surface area contributed by atoms with Gasteiger partial charge in [0, 0.05) is 16.1 Å². The van der Waals surface area contributed by atoms with Gasteiger partial charge in [-0.25, -0.2) is 4.39 Å². The number of aromatic hydroxyl groups is 1. The molecule has 1 amide bonds. The van der Waals surface area contributed by atoms with Gasteiger partial charge in [0.1, 0.15) is 16.6 Å². The molecule has 0 bridgehead atoms. The summed E-state index contributed by atoms with van der Waals surface area (Å²) in [5, 5.41) is 11.7. The normalized spacial score (nSPS) is 10.2. The van der Waals surface area contributed by atoms with Crippen molar-refractivity contribution in [3.63, 3.8) is 0 Å². The topological polar surface area (TPSA) is 75.3 Å². The Morgan fingerprint density at radius 2 is 2.00 bits per heavy atom. The van der Waals surface area contributed by atoms with Crippen molar-refractivity contribution < 1.29 is 14.3 Å². The Morgan fingerprint density at radius 3 is 2.57 bits per heavy atom. The molecule has 21 heavy (non-hydrogen) atoms. The number of hydrogen-bond donors (Lipinski definition) is 3. The second-order valence-corrected chi connectivity index (χ2v) is 5.47. The van der Waals surface area contributed by atoms with Crippen molar-refractivity contribution in [3.8, 4) is 5.75 Å². The van der Waals surface area contributed by atoms with Crippen LogP contribution in [0.4, 0.5) is 10.1 Å². The van der Waals surface area contributed by atoms with Gasteiger partial charge in [-0.1, -0.05) is 12.2 Å². The Labute approximate surface area is 133 Å². The quantitative estimate of drug-likeness (QED) is 0.727. The standard InChI is InChI=1S/C14H10BrFN2O2S/c15-10-5-7(13(17)21)1-4-12(10)18-14(20)9-3-2-8(19)6-11(9)16/h1-6,19H,(H2,17,21)(H,18,20).